The number of para-hydroxylation sites is 1. The van der Waals surface area contributed by atoms with E-state index in [4.69, 9.17) is 28.7 Å². The van der Waals surface area contributed by atoms with Crippen molar-refractivity contribution in [3.05, 3.63) is 102 Å². The molecule has 0 radical (unpaired) electrons. The molecule has 3 heterocycles. The van der Waals surface area contributed by atoms with Crippen LogP contribution in [0.15, 0.2) is 95.4 Å². The van der Waals surface area contributed by atoms with Gasteiger partial charge in [0.05, 0.1) is 12.9 Å². The summed E-state index contributed by atoms with van der Waals surface area (Å²) in [6.07, 6.45) is 5.70. The Bertz CT molecular complexity index is 3170. The van der Waals surface area contributed by atoms with E-state index < -0.39 is 102 Å². The van der Waals surface area contributed by atoms with E-state index >= 15 is 4.79 Å². The molecule has 1 aliphatic rings. The van der Waals surface area contributed by atoms with Crippen molar-refractivity contribution in [1.29, 1.82) is 0 Å². The normalized spacial score (nSPS) is 21.4. The topological polar surface area (TPSA) is 449 Å². The van der Waals surface area contributed by atoms with Crippen LogP contribution in [0.4, 0.5) is 0 Å². The number of fused-ring (bicyclic) bond motifs is 2. The summed E-state index contributed by atoms with van der Waals surface area (Å²) >= 11 is 0. The fourth-order valence-corrected chi connectivity index (χ4v) is 11.4. The minimum absolute atomic E-state index is 0.0159. The van der Waals surface area contributed by atoms with E-state index in [1.807, 2.05) is 61.5 Å². The van der Waals surface area contributed by atoms with Gasteiger partial charge in [0.25, 0.3) is 0 Å². The van der Waals surface area contributed by atoms with Crippen LogP contribution in [0.5, 0.6) is 0 Å². The summed E-state index contributed by atoms with van der Waals surface area (Å²) in [5.41, 5.74) is 30.5. The molecule has 85 heavy (non-hydrogen) atoms. The van der Waals surface area contributed by atoms with Crippen molar-refractivity contribution in [2.75, 3.05) is 31.1 Å². The number of aliphatic imine (C=N–C) groups is 2. The number of carbonyl (C=O) groups is 9. The zero-order chi connectivity index (χ0) is 61.3. The van der Waals surface area contributed by atoms with Gasteiger partial charge in [-0.3, -0.25) is 53.1 Å². The van der Waals surface area contributed by atoms with Crippen LogP contribution < -0.4 is 71.2 Å². The van der Waals surface area contributed by atoms with Crippen LogP contribution in [0.3, 0.4) is 0 Å². The Balaban J connectivity index is 1.40. The number of aromatic amines is 2. The highest BCUT2D eigenvalue weighted by Gasteiger charge is 2.35. The third kappa shape index (κ3) is 21.4. The van der Waals surface area contributed by atoms with Crippen molar-refractivity contribution in [3.63, 3.8) is 0 Å². The van der Waals surface area contributed by atoms with Crippen molar-refractivity contribution < 1.29 is 43.2 Å². The number of aromatic nitrogens is 3. The molecule has 27 nitrogen and oxygen atoms in total. The SMILES string of the molecule is CCCCC1NC(=O)CCSSCC(C(N)=O)NC(=O)CNC(=O)C(Cc2c[nH]c3ccccc23)NC(=O)C(CCCN=C(N)N)NC(=O)C(Cc2ccc3ccccc3c2)NC(=O)C(Cc2cnc[nH]2)NC(=O)C(CCCN=C(N)N)NC1=O. The lowest BCUT2D eigenvalue weighted by Crippen LogP contribution is -2.60. The van der Waals surface area contributed by atoms with Crippen LogP contribution >= 0.6 is 21.6 Å². The van der Waals surface area contributed by atoms with Gasteiger partial charge in [0.15, 0.2) is 11.9 Å². The molecule has 3 aromatic carbocycles. The van der Waals surface area contributed by atoms with Gasteiger partial charge in [0.2, 0.25) is 53.2 Å². The quantitative estimate of drug-likeness (QED) is 0.0220. The van der Waals surface area contributed by atoms with Gasteiger partial charge in [-0.2, -0.15) is 0 Å². The number of benzene rings is 3. The first-order chi connectivity index (χ1) is 40.9. The number of guanidine groups is 2. The molecule has 456 valence electrons. The van der Waals surface area contributed by atoms with Gasteiger partial charge in [-0.05, 0) is 60.1 Å². The van der Waals surface area contributed by atoms with E-state index in [0.717, 1.165) is 32.5 Å². The maximum atomic E-state index is 15.1. The molecule has 1 saturated heterocycles. The largest absolute Gasteiger partial charge is 0.370 e. The number of hydrogen-bond donors (Lipinski definition) is 15. The molecular weight excluding hydrogens is 1130 g/mol. The van der Waals surface area contributed by atoms with E-state index in [-0.39, 0.29) is 94.3 Å². The van der Waals surface area contributed by atoms with Gasteiger partial charge in [-0.15, -0.1) is 0 Å². The monoisotopic (exact) mass is 1210 g/mol. The molecule has 1 aliphatic heterocycles. The lowest BCUT2D eigenvalue weighted by atomic mass is 9.99. The Morgan fingerprint density at radius 2 is 1.15 bits per heavy atom. The van der Waals surface area contributed by atoms with Gasteiger partial charge in [0.1, 0.15) is 42.3 Å². The molecule has 7 atom stereocenters. The van der Waals surface area contributed by atoms with Crippen molar-refractivity contribution in [3.8, 4) is 0 Å². The molecule has 6 rings (SSSR count). The number of imidazole rings is 1. The molecule has 29 heteroatoms. The lowest BCUT2D eigenvalue weighted by molar-refractivity contribution is -0.135. The predicted molar refractivity (Wildman–Crippen MR) is 327 cm³/mol. The van der Waals surface area contributed by atoms with E-state index in [1.165, 1.54) is 23.3 Å². The Kier molecular flexibility index (Phi) is 25.7. The number of hydrogen-bond acceptors (Lipinski definition) is 14. The van der Waals surface area contributed by atoms with E-state index in [9.17, 15) is 38.4 Å². The Morgan fingerprint density at radius 1 is 0.588 bits per heavy atom. The van der Waals surface area contributed by atoms with Crippen LogP contribution in [0.2, 0.25) is 0 Å². The third-order valence-corrected chi connectivity index (χ3v) is 16.1. The number of unbranched alkanes of at least 4 members (excludes halogenated alkanes) is 1. The molecule has 0 bridgehead atoms. The fraction of sp³-hybridized carbons (Fsp3) is 0.429. The number of H-pyrrole nitrogens is 2. The van der Waals surface area contributed by atoms with Crippen molar-refractivity contribution in [2.24, 2.45) is 38.7 Å². The fourth-order valence-electron chi connectivity index (χ4n) is 9.26. The summed E-state index contributed by atoms with van der Waals surface area (Å²) in [5.74, 6) is -7.07. The standard InChI is InChI=1S/C56H76N18O9S2/c1-2-3-13-39-50(79)70-40(15-8-20-63-55(58)59)52(81)74-44(26-36-28-62-31-67-36)54(83)72-42(24-32-17-18-33-10-4-5-11-34(33)23-32)53(82)71-41(16-9-21-64-56(60)61)51(80)73-43(25-35-27-65-38-14-7-6-12-37(35)38)49(78)66-29-47(76)69-45(48(57)77)30-85-84-22-19-46(75)68-39/h4-7,10-12,14,17-18,23,27-28,31,39-45,65H,2-3,8-9,13,15-16,19-22,24-26,29-30H2,1H3,(H2,57,77)(H,62,67)(H,66,78)(H,68,75)(H,69,76)(H,70,79)(H,71,82)(H,72,83)(H,73,80)(H,74,81)(H4,58,59,63)(H4,60,61,64). The summed E-state index contributed by atoms with van der Waals surface area (Å²) in [5, 5.41) is 24.4. The summed E-state index contributed by atoms with van der Waals surface area (Å²) in [6.45, 7) is 1.39. The van der Waals surface area contributed by atoms with Gasteiger partial charge < -0.3 is 81.2 Å². The number of rotatable bonds is 18. The first-order valence-corrected chi connectivity index (χ1v) is 30.4. The molecule has 0 saturated carbocycles. The average Bonchev–Trinajstić information content (AvgIpc) is 4.17. The van der Waals surface area contributed by atoms with Crippen LogP contribution in [0.25, 0.3) is 21.7 Å². The molecule has 9 amide bonds. The number of nitrogens with two attached hydrogens (primary N) is 5. The van der Waals surface area contributed by atoms with Crippen molar-refractivity contribution in [2.45, 2.75) is 120 Å². The Hall–Kier alpha value is -8.86. The van der Waals surface area contributed by atoms with Crippen molar-refractivity contribution >= 4 is 108 Å². The zero-order valence-corrected chi connectivity index (χ0v) is 48.8. The van der Waals surface area contributed by atoms with Crippen LogP contribution in [0.1, 0.15) is 75.1 Å². The Morgan fingerprint density at radius 3 is 1.76 bits per heavy atom. The molecular formula is C56H76N18O9S2. The molecule has 20 N–H and O–H groups in total. The highest BCUT2D eigenvalue weighted by molar-refractivity contribution is 8.76. The molecule has 5 aromatic rings. The molecule has 2 aromatic heterocycles. The minimum Gasteiger partial charge on any atom is -0.370 e. The van der Waals surface area contributed by atoms with Crippen LogP contribution in [0, 0.1) is 0 Å². The maximum Gasteiger partial charge on any atom is 0.243 e. The lowest BCUT2D eigenvalue weighted by Gasteiger charge is -2.28. The molecule has 0 aliphatic carbocycles. The first kappa shape index (κ1) is 65.3. The highest BCUT2D eigenvalue weighted by Crippen LogP contribution is 2.24. The second-order valence-corrected chi connectivity index (χ2v) is 22.9. The molecule has 7 unspecified atom stereocenters. The second-order valence-electron chi connectivity index (χ2n) is 20.3. The van der Waals surface area contributed by atoms with Crippen LogP contribution in [-0.2, 0) is 62.4 Å². The molecule has 0 spiro atoms. The summed E-state index contributed by atoms with van der Waals surface area (Å²) in [4.78, 5) is 146. The van der Waals surface area contributed by atoms with E-state index in [0.29, 0.717) is 29.7 Å². The second kappa shape index (κ2) is 33.4. The first-order valence-electron chi connectivity index (χ1n) is 27.9. The van der Waals surface area contributed by atoms with Gasteiger partial charge in [0, 0.05) is 79.3 Å². The van der Waals surface area contributed by atoms with Crippen LogP contribution in [-0.4, -0.2) is 153 Å². The van der Waals surface area contributed by atoms with Gasteiger partial charge in [-0.25, -0.2) is 4.98 Å². The van der Waals surface area contributed by atoms with Gasteiger partial charge in [-0.1, -0.05) is 102 Å². The summed E-state index contributed by atoms with van der Waals surface area (Å²) in [6, 6.07) is 11.1. The number of carbonyl (C=O) groups excluding carboxylic acids is 9. The molecule has 1 fully saturated rings. The maximum absolute atomic E-state index is 15.1. The number of nitrogens with one attached hydrogen (secondary N) is 10. The smallest absolute Gasteiger partial charge is 0.243 e. The van der Waals surface area contributed by atoms with E-state index in [1.54, 1.807) is 18.3 Å². The Labute approximate surface area is 498 Å². The van der Waals surface area contributed by atoms with Gasteiger partial charge >= 0.3 is 0 Å². The van der Waals surface area contributed by atoms with Crippen molar-refractivity contribution in [1.82, 2.24) is 57.5 Å². The average molecular weight is 1210 g/mol. The number of primary amides is 1. The number of nitrogens with zero attached hydrogens (tertiary/aromatic N) is 3. The predicted octanol–water partition coefficient (Wildman–Crippen LogP) is -0.850. The van der Waals surface area contributed by atoms with E-state index in [2.05, 4.69) is 67.5 Å². The number of amides is 9. The summed E-state index contributed by atoms with van der Waals surface area (Å²) < 4.78 is 0. The summed E-state index contributed by atoms with van der Waals surface area (Å²) in [7, 11) is 2.37. The zero-order valence-electron chi connectivity index (χ0n) is 47.2. The minimum atomic E-state index is -1.44. The third-order valence-electron chi connectivity index (χ3n) is 13.7. The highest BCUT2D eigenvalue weighted by atomic mass is 33.1.